The van der Waals surface area contributed by atoms with E-state index in [0.717, 1.165) is 33.5 Å². The SMILES string of the molecule is CN1CCC(Nc2nc3cccc(Cl)c3s2)C1. The molecular weight excluding hydrogens is 254 g/mol. The number of thiazole rings is 1. The summed E-state index contributed by atoms with van der Waals surface area (Å²) in [7, 11) is 2.15. The molecule has 1 aromatic carbocycles. The van der Waals surface area contributed by atoms with E-state index >= 15 is 0 Å². The lowest BCUT2D eigenvalue weighted by molar-refractivity contribution is 0.414. The van der Waals surface area contributed by atoms with Gasteiger partial charge in [-0.2, -0.15) is 0 Å². The molecule has 2 aromatic rings. The second-order valence-corrected chi connectivity index (χ2v) is 5.91. The largest absolute Gasteiger partial charge is 0.357 e. The zero-order valence-electron chi connectivity index (χ0n) is 9.61. The minimum absolute atomic E-state index is 0.513. The molecule has 1 unspecified atom stereocenters. The number of benzene rings is 1. The van der Waals surface area contributed by atoms with Gasteiger partial charge in [-0.05, 0) is 32.1 Å². The van der Waals surface area contributed by atoms with E-state index in [0.29, 0.717) is 6.04 Å². The van der Waals surface area contributed by atoms with Crippen LogP contribution in [0.4, 0.5) is 5.13 Å². The smallest absolute Gasteiger partial charge is 0.184 e. The molecule has 0 radical (unpaired) electrons. The summed E-state index contributed by atoms with van der Waals surface area (Å²) in [4.78, 5) is 6.90. The van der Waals surface area contributed by atoms with Crippen molar-refractivity contribution < 1.29 is 0 Å². The molecule has 0 saturated carbocycles. The van der Waals surface area contributed by atoms with Crippen molar-refractivity contribution in [1.82, 2.24) is 9.88 Å². The van der Waals surface area contributed by atoms with E-state index in [2.05, 4.69) is 22.2 Å². The molecule has 1 aliphatic heterocycles. The molecule has 90 valence electrons. The lowest BCUT2D eigenvalue weighted by Gasteiger charge is -2.10. The third-order valence-corrected chi connectivity index (χ3v) is 4.55. The van der Waals surface area contributed by atoms with Crippen LogP contribution in [0.3, 0.4) is 0 Å². The van der Waals surface area contributed by atoms with Crippen molar-refractivity contribution in [3.8, 4) is 0 Å². The number of likely N-dealkylation sites (tertiary alicyclic amines) is 1. The Kier molecular flexibility index (Phi) is 2.94. The van der Waals surface area contributed by atoms with Crippen LogP contribution in [0.5, 0.6) is 0 Å². The summed E-state index contributed by atoms with van der Waals surface area (Å²) in [6.07, 6.45) is 1.18. The van der Waals surface area contributed by atoms with Crippen LogP contribution in [0.1, 0.15) is 6.42 Å². The maximum atomic E-state index is 6.14. The Labute approximate surface area is 109 Å². The van der Waals surface area contributed by atoms with Gasteiger partial charge in [0.15, 0.2) is 5.13 Å². The van der Waals surface area contributed by atoms with Gasteiger partial charge in [-0.15, -0.1) is 0 Å². The minimum Gasteiger partial charge on any atom is -0.357 e. The minimum atomic E-state index is 0.513. The number of nitrogens with one attached hydrogen (secondary N) is 1. The Bertz CT molecular complexity index is 540. The summed E-state index contributed by atoms with van der Waals surface area (Å²) in [6, 6.07) is 6.37. The number of likely N-dealkylation sites (N-methyl/N-ethyl adjacent to an activating group) is 1. The zero-order valence-corrected chi connectivity index (χ0v) is 11.2. The second-order valence-electron chi connectivity index (χ2n) is 4.50. The van der Waals surface area contributed by atoms with Crippen LogP contribution in [0, 0.1) is 0 Å². The predicted octanol–water partition coefficient (Wildman–Crippen LogP) is 3.07. The number of rotatable bonds is 2. The predicted molar refractivity (Wildman–Crippen MR) is 74.2 cm³/mol. The van der Waals surface area contributed by atoms with Crippen molar-refractivity contribution in [3.63, 3.8) is 0 Å². The van der Waals surface area contributed by atoms with Crippen molar-refractivity contribution in [2.45, 2.75) is 12.5 Å². The molecule has 17 heavy (non-hydrogen) atoms. The highest BCUT2D eigenvalue weighted by Gasteiger charge is 2.20. The summed E-state index contributed by atoms with van der Waals surface area (Å²) in [6.45, 7) is 2.24. The molecule has 0 amide bonds. The molecule has 0 bridgehead atoms. The molecule has 0 aliphatic carbocycles. The summed E-state index contributed by atoms with van der Waals surface area (Å²) >= 11 is 7.78. The van der Waals surface area contributed by atoms with Gasteiger partial charge in [-0.1, -0.05) is 29.0 Å². The first-order valence-corrected chi connectivity index (χ1v) is 6.92. The van der Waals surface area contributed by atoms with E-state index in [9.17, 15) is 0 Å². The molecule has 1 atom stereocenters. The molecule has 1 N–H and O–H groups in total. The molecule has 3 rings (SSSR count). The molecule has 5 heteroatoms. The van der Waals surface area contributed by atoms with Crippen molar-refractivity contribution in [3.05, 3.63) is 23.2 Å². The third-order valence-electron chi connectivity index (χ3n) is 3.09. The standard InChI is InChI=1S/C12H14ClN3S/c1-16-6-5-8(7-16)14-12-15-10-4-2-3-9(13)11(10)17-12/h2-4,8H,5-7H2,1H3,(H,14,15). The summed E-state index contributed by atoms with van der Waals surface area (Å²) in [5.41, 5.74) is 0.983. The van der Waals surface area contributed by atoms with E-state index < -0.39 is 0 Å². The van der Waals surface area contributed by atoms with Crippen LogP contribution in [0.15, 0.2) is 18.2 Å². The monoisotopic (exact) mass is 267 g/mol. The van der Waals surface area contributed by atoms with Gasteiger partial charge in [0.2, 0.25) is 0 Å². The molecular formula is C12H14ClN3S. The van der Waals surface area contributed by atoms with E-state index in [1.807, 2.05) is 18.2 Å². The Hall–Kier alpha value is -0.840. The van der Waals surface area contributed by atoms with Crippen molar-refractivity contribution >= 4 is 38.3 Å². The van der Waals surface area contributed by atoms with Gasteiger partial charge in [0.1, 0.15) is 0 Å². The van der Waals surface area contributed by atoms with Gasteiger partial charge in [-0.3, -0.25) is 0 Å². The van der Waals surface area contributed by atoms with Crippen LogP contribution >= 0.6 is 22.9 Å². The number of anilines is 1. The fraction of sp³-hybridized carbons (Fsp3) is 0.417. The van der Waals surface area contributed by atoms with Crippen LogP contribution in [-0.2, 0) is 0 Å². The maximum absolute atomic E-state index is 6.14. The van der Waals surface area contributed by atoms with Crippen LogP contribution in [0.2, 0.25) is 5.02 Å². The molecule has 3 nitrogen and oxygen atoms in total. The second kappa shape index (κ2) is 4.44. The number of hydrogen-bond donors (Lipinski definition) is 1. The quantitative estimate of drug-likeness (QED) is 0.906. The van der Waals surface area contributed by atoms with Crippen LogP contribution in [-0.4, -0.2) is 36.1 Å². The Balaban J connectivity index is 1.84. The topological polar surface area (TPSA) is 28.2 Å². The van der Waals surface area contributed by atoms with Crippen LogP contribution < -0.4 is 5.32 Å². The molecule has 1 aliphatic rings. The van der Waals surface area contributed by atoms with Gasteiger partial charge < -0.3 is 10.2 Å². The lowest BCUT2D eigenvalue weighted by Crippen LogP contribution is -2.23. The maximum Gasteiger partial charge on any atom is 0.184 e. The van der Waals surface area contributed by atoms with Gasteiger partial charge in [0, 0.05) is 12.6 Å². The first-order valence-electron chi connectivity index (χ1n) is 5.72. The first kappa shape index (κ1) is 11.3. The summed E-state index contributed by atoms with van der Waals surface area (Å²) in [5, 5.41) is 5.26. The number of halogens is 1. The van der Waals surface area contributed by atoms with Crippen molar-refractivity contribution in [2.75, 3.05) is 25.5 Å². The van der Waals surface area contributed by atoms with Gasteiger partial charge in [0.05, 0.1) is 15.2 Å². The summed E-state index contributed by atoms with van der Waals surface area (Å²) in [5.74, 6) is 0. The first-order chi connectivity index (χ1) is 8.22. The van der Waals surface area contributed by atoms with E-state index in [-0.39, 0.29) is 0 Å². The highest BCUT2D eigenvalue weighted by Crippen LogP contribution is 2.32. The highest BCUT2D eigenvalue weighted by atomic mass is 35.5. The third kappa shape index (κ3) is 2.25. The molecule has 2 heterocycles. The average molecular weight is 268 g/mol. The fourth-order valence-corrected chi connectivity index (χ4v) is 3.44. The molecule has 0 spiro atoms. The van der Waals surface area contributed by atoms with Crippen molar-refractivity contribution in [1.29, 1.82) is 0 Å². The zero-order chi connectivity index (χ0) is 11.8. The number of fused-ring (bicyclic) bond motifs is 1. The van der Waals surface area contributed by atoms with Crippen molar-refractivity contribution in [2.24, 2.45) is 0 Å². The Morgan fingerprint density at radius 1 is 1.53 bits per heavy atom. The molecule has 1 fully saturated rings. The van der Waals surface area contributed by atoms with Gasteiger partial charge in [-0.25, -0.2) is 4.98 Å². The van der Waals surface area contributed by atoms with E-state index in [1.165, 1.54) is 6.42 Å². The van der Waals surface area contributed by atoms with Crippen LogP contribution in [0.25, 0.3) is 10.2 Å². The normalized spacial score (nSPS) is 21.2. The number of nitrogens with zero attached hydrogens (tertiary/aromatic N) is 2. The fourth-order valence-electron chi connectivity index (χ4n) is 2.20. The van der Waals surface area contributed by atoms with E-state index in [1.54, 1.807) is 11.3 Å². The van der Waals surface area contributed by atoms with Gasteiger partial charge in [0.25, 0.3) is 0 Å². The molecule has 1 saturated heterocycles. The highest BCUT2D eigenvalue weighted by molar-refractivity contribution is 7.22. The number of hydrogen-bond acceptors (Lipinski definition) is 4. The number of aromatic nitrogens is 1. The molecule has 1 aromatic heterocycles. The van der Waals surface area contributed by atoms with Gasteiger partial charge >= 0.3 is 0 Å². The lowest BCUT2D eigenvalue weighted by atomic mass is 10.3. The Morgan fingerprint density at radius 2 is 2.41 bits per heavy atom. The average Bonchev–Trinajstić information content (AvgIpc) is 2.86. The summed E-state index contributed by atoms with van der Waals surface area (Å²) < 4.78 is 1.07. The van der Waals surface area contributed by atoms with E-state index in [4.69, 9.17) is 11.6 Å². The Morgan fingerprint density at radius 3 is 3.12 bits per heavy atom.